The van der Waals surface area contributed by atoms with Gasteiger partial charge >= 0.3 is 0 Å². The van der Waals surface area contributed by atoms with E-state index in [-0.39, 0.29) is 17.9 Å². The molecule has 3 N–H and O–H groups in total. The van der Waals surface area contributed by atoms with Crippen molar-refractivity contribution in [2.75, 3.05) is 25.4 Å². The van der Waals surface area contributed by atoms with Crippen molar-refractivity contribution in [3.8, 4) is 11.3 Å². The number of carbonyl (C=O) groups is 1. The van der Waals surface area contributed by atoms with Crippen LogP contribution in [0, 0.1) is 5.92 Å². The number of nitrogens with zero attached hydrogens (tertiary/aromatic N) is 3. The summed E-state index contributed by atoms with van der Waals surface area (Å²) in [6.07, 6.45) is 5.42. The first-order valence-corrected chi connectivity index (χ1v) is 8.42. The highest BCUT2D eigenvalue weighted by molar-refractivity contribution is 5.82. The highest BCUT2D eigenvalue weighted by Crippen LogP contribution is 2.36. The van der Waals surface area contributed by atoms with E-state index < -0.39 is 0 Å². The van der Waals surface area contributed by atoms with E-state index in [1.54, 1.807) is 12.4 Å². The monoisotopic (exact) mass is 323 g/mol. The molecule has 2 fully saturated rings. The van der Waals surface area contributed by atoms with Gasteiger partial charge < -0.3 is 16.0 Å². The Morgan fingerprint density at radius 3 is 2.67 bits per heavy atom. The average Bonchev–Trinajstić information content (AvgIpc) is 3.47. The van der Waals surface area contributed by atoms with Crippen LogP contribution in [0.4, 0.5) is 5.69 Å². The molecule has 1 unspecified atom stereocenters. The van der Waals surface area contributed by atoms with Gasteiger partial charge in [-0.3, -0.25) is 14.8 Å². The summed E-state index contributed by atoms with van der Waals surface area (Å²) in [6, 6.07) is 7.55. The van der Waals surface area contributed by atoms with Crippen LogP contribution in [0.5, 0.6) is 0 Å². The van der Waals surface area contributed by atoms with E-state index in [0.29, 0.717) is 12.2 Å². The second-order valence-corrected chi connectivity index (χ2v) is 6.44. The third-order valence-corrected chi connectivity index (χ3v) is 4.68. The fourth-order valence-electron chi connectivity index (χ4n) is 3.23. The lowest BCUT2D eigenvalue weighted by Gasteiger charge is -2.36. The summed E-state index contributed by atoms with van der Waals surface area (Å²) in [5.41, 5.74) is 9.14. The molecule has 1 aliphatic heterocycles. The lowest BCUT2D eigenvalue weighted by atomic mass is 10.0. The zero-order valence-corrected chi connectivity index (χ0v) is 13.5. The van der Waals surface area contributed by atoms with Gasteiger partial charge in [-0.1, -0.05) is 12.1 Å². The molecule has 0 bridgehead atoms. The predicted octanol–water partition coefficient (Wildman–Crippen LogP) is 1.61. The lowest BCUT2D eigenvalue weighted by molar-refractivity contribution is -0.136. The van der Waals surface area contributed by atoms with Gasteiger partial charge in [-0.05, 0) is 25.0 Å². The van der Waals surface area contributed by atoms with E-state index in [0.717, 1.165) is 42.9 Å². The second kappa shape index (κ2) is 6.20. The highest BCUT2D eigenvalue weighted by atomic mass is 16.2. The molecule has 1 aromatic heterocycles. The minimum atomic E-state index is -0.0758. The number of hydrogen-bond donors (Lipinski definition) is 2. The van der Waals surface area contributed by atoms with Gasteiger partial charge in [-0.15, -0.1) is 0 Å². The van der Waals surface area contributed by atoms with Crippen LogP contribution in [0.1, 0.15) is 24.6 Å². The van der Waals surface area contributed by atoms with Crippen molar-refractivity contribution in [3.63, 3.8) is 0 Å². The Bertz CT molecular complexity index is 741. The van der Waals surface area contributed by atoms with Gasteiger partial charge in [0.1, 0.15) is 0 Å². The molecule has 6 heteroatoms. The predicted molar refractivity (Wildman–Crippen MR) is 91.9 cm³/mol. The second-order valence-electron chi connectivity index (χ2n) is 6.44. The molecule has 1 aliphatic carbocycles. The number of nitrogen functional groups attached to an aromatic ring is 1. The number of aromatic nitrogens is 2. The molecule has 124 valence electrons. The van der Waals surface area contributed by atoms with E-state index in [4.69, 9.17) is 5.73 Å². The summed E-state index contributed by atoms with van der Waals surface area (Å²) in [4.78, 5) is 23.8. The van der Waals surface area contributed by atoms with Crippen LogP contribution in [0.25, 0.3) is 11.3 Å². The Morgan fingerprint density at radius 2 is 1.92 bits per heavy atom. The van der Waals surface area contributed by atoms with E-state index >= 15 is 0 Å². The highest BCUT2D eigenvalue weighted by Gasteiger charge is 2.39. The number of carbonyl (C=O) groups excluding carboxylic acids is 1. The van der Waals surface area contributed by atoms with Gasteiger partial charge in [0.2, 0.25) is 5.91 Å². The zero-order valence-electron chi connectivity index (χ0n) is 13.5. The number of nitrogens with one attached hydrogen (secondary N) is 1. The van der Waals surface area contributed by atoms with E-state index in [2.05, 4.69) is 15.3 Å². The van der Waals surface area contributed by atoms with Crippen molar-refractivity contribution < 1.29 is 4.79 Å². The maximum atomic E-state index is 12.7. The number of hydrogen-bond acceptors (Lipinski definition) is 5. The Kier molecular flexibility index (Phi) is 3.90. The topological polar surface area (TPSA) is 84.1 Å². The summed E-state index contributed by atoms with van der Waals surface area (Å²) >= 11 is 0. The largest absolute Gasteiger partial charge is 0.399 e. The van der Waals surface area contributed by atoms with Crippen molar-refractivity contribution in [3.05, 3.63) is 42.4 Å². The molecule has 24 heavy (non-hydrogen) atoms. The number of amides is 1. The molecule has 1 saturated heterocycles. The average molecular weight is 323 g/mol. The van der Waals surface area contributed by atoms with Crippen LogP contribution >= 0.6 is 0 Å². The Balaban J connectivity index is 1.71. The molecule has 0 radical (unpaired) electrons. The first kappa shape index (κ1) is 15.1. The van der Waals surface area contributed by atoms with Crippen LogP contribution in [0.2, 0.25) is 0 Å². The summed E-state index contributed by atoms with van der Waals surface area (Å²) in [5.74, 6) is 0.470. The van der Waals surface area contributed by atoms with E-state index in [1.165, 1.54) is 0 Å². The summed E-state index contributed by atoms with van der Waals surface area (Å²) in [7, 11) is 0. The Morgan fingerprint density at radius 1 is 1.17 bits per heavy atom. The normalized spacial score (nSPS) is 20.8. The Labute approximate surface area is 141 Å². The first-order valence-electron chi connectivity index (χ1n) is 8.42. The molecule has 1 amide bonds. The molecule has 6 nitrogen and oxygen atoms in total. The molecule has 2 heterocycles. The number of benzene rings is 1. The van der Waals surface area contributed by atoms with Gasteiger partial charge in [-0.2, -0.15) is 0 Å². The maximum absolute atomic E-state index is 12.7. The van der Waals surface area contributed by atoms with Crippen molar-refractivity contribution in [1.29, 1.82) is 0 Å². The molecule has 2 aliphatic rings. The fourth-order valence-corrected chi connectivity index (χ4v) is 3.23. The van der Waals surface area contributed by atoms with Gasteiger partial charge in [0.25, 0.3) is 0 Å². The van der Waals surface area contributed by atoms with Gasteiger partial charge in [-0.25, -0.2) is 0 Å². The summed E-state index contributed by atoms with van der Waals surface area (Å²) in [6.45, 7) is 2.25. The van der Waals surface area contributed by atoms with Crippen molar-refractivity contribution in [2.45, 2.75) is 18.9 Å². The van der Waals surface area contributed by atoms with Crippen LogP contribution in [-0.2, 0) is 4.79 Å². The lowest BCUT2D eigenvalue weighted by Crippen LogP contribution is -2.49. The van der Waals surface area contributed by atoms with Crippen molar-refractivity contribution in [2.24, 2.45) is 5.92 Å². The zero-order chi connectivity index (χ0) is 16.5. The molecule has 1 atom stereocenters. The number of rotatable bonds is 3. The molecule has 4 rings (SSSR count). The molecule has 1 aromatic carbocycles. The SMILES string of the molecule is Nc1ccc(-c2nccnc2C2CNCCN2C(=O)C2CC2)cc1. The van der Waals surface area contributed by atoms with Crippen LogP contribution < -0.4 is 11.1 Å². The van der Waals surface area contributed by atoms with Crippen LogP contribution in [0.15, 0.2) is 36.7 Å². The minimum Gasteiger partial charge on any atom is -0.399 e. The number of piperazine rings is 1. The third kappa shape index (κ3) is 2.85. The molecular weight excluding hydrogens is 302 g/mol. The van der Waals surface area contributed by atoms with E-state index in [1.807, 2.05) is 29.2 Å². The molecule has 0 spiro atoms. The molecule has 1 saturated carbocycles. The fraction of sp³-hybridized carbons (Fsp3) is 0.389. The minimum absolute atomic E-state index is 0.0758. The van der Waals surface area contributed by atoms with E-state index in [9.17, 15) is 4.79 Å². The van der Waals surface area contributed by atoms with Crippen LogP contribution in [-0.4, -0.2) is 40.4 Å². The van der Waals surface area contributed by atoms with Gasteiger partial charge in [0, 0.05) is 49.2 Å². The third-order valence-electron chi connectivity index (χ3n) is 4.68. The summed E-state index contributed by atoms with van der Waals surface area (Å²) < 4.78 is 0. The quantitative estimate of drug-likeness (QED) is 0.838. The molecular formula is C18H21N5O. The van der Waals surface area contributed by atoms with Crippen molar-refractivity contribution >= 4 is 11.6 Å². The number of nitrogens with two attached hydrogens (primary N) is 1. The number of anilines is 1. The smallest absolute Gasteiger partial charge is 0.226 e. The summed E-state index contributed by atoms with van der Waals surface area (Å²) in [5, 5.41) is 3.38. The maximum Gasteiger partial charge on any atom is 0.226 e. The van der Waals surface area contributed by atoms with Gasteiger partial charge in [0.15, 0.2) is 0 Å². The first-order chi connectivity index (χ1) is 11.7. The van der Waals surface area contributed by atoms with Gasteiger partial charge in [0.05, 0.1) is 17.4 Å². The standard InChI is InChI=1S/C18H21N5O/c19-14-5-3-12(4-6-14)16-17(22-8-7-21-16)15-11-20-9-10-23(15)18(24)13-1-2-13/h3-8,13,15,20H,1-2,9-11,19H2. The molecule has 2 aromatic rings. The van der Waals surface area contributed by atoms with Crippen LogP contribution in [0.3, 0.4) is 0 Å². The van der Waals surface area contributed by atoms with Crippen molar-refractivity contribution in [1.82, 2.24) is 20.2 Å². The Hall–Kier alpha value is -2.47.